The fourth-order valence-electron chi connectivity index (χ4n) is 1.47. The van der Waals surface area contributed by atoms with Gasteiger partial charge in [0, 0.05) is 18.0 Å². The Morgan fingerprint density at radius 3 is 3.00 bits per heavy atom. The van der Waals surface area contributed by atoms with Gasteiger partial charge < -0.3 is 4.98 Å². The molecule has 1 aromatic heterocycles. The lowest BCUT2D eigenvalue weighted by molar-refractivity contribution is 0.0991. The fraction of sp³-hybridized carbons (Fsp3) is 0.167. The Balaban J connectivity index is 2.15. The fourth-order valence-corrected chi connectivity index (χ4v) is 1.47. The van der Waals surface area contributed by atoms with Gasteiger partial charge in [0.25, 0.3) is 0 Å². The molecule has 3 heteroatoms. The van der Waals surface area contributed by atoms with Gasteiger partial charge in [0.15, 0.2) is 5.78 Å². The van der Waals surface area contributed by atoms with Gasteiger partial charge in [0.2, 0.25) is 0 Å². The average Bonchev–Trinajstić information content (AvgIpc) is 2.70. The van der Waals surface area contributed by atoms with Gasteiger partial charge in [-0.3, -0.25) is 4.79 Å². The summed E-state index contributed by atoms with van der Waals surface area (Å²) >= 11 is 0. The molecule has 0 bridgehead atoms. The quantitative estimate of drug-likeness (QED) is 0.771. The summed E-state index contributed by atoms with van der Waals surface area (Å²) in [6.07, 6.45) is 3.70. The van der Waals surface area contributed by atoms with E-state index < -0.39 is 0 Å². The summed E-state index contributed by atoms with van der Waals surface area (Å²) < 4.78 is 0. The van der Waals surface area contributed by atoms with Gasteiger partial charge in [0.1, 0.15) is 5.82 Å². The number of H-pyrrole nitrogens is 1. The minimum atomic E-state index is 0.0913. The second-order valence-electron chi connectivity index (χ2n) is 3.51. The van der Waals surface area contributed by atoms with Crippen molar-refractivity contribution < 1.29 is 4.79 Å². The van der Waals surface area contributed by atoms with Crippen molar-refractivity contribution in [3.8, 4) is 0 Å². The van der Waals surface area contributed by atoms with E-state index in [9.17, 15) is 4.79 Å². The molecule has 0 aliphatic rings. The predicted octanol–water partition coefficient (Wildman–Crippen LogP) is 2.14. The van der Waals surface area contributed by atoms with Crippen LogP contribution >= 0.6 is 0 Å². The summed E-state index contributed by atoms with van der Waals surface area (Å²) in [5, 5.41) is 0. The van der Waals surface area contributed by atoms with Crippen molar-refractivity contribution in [3.63, 3.8) is 0 Å². The molecule has 1 N–H and O–H groups in total. The van der Waals surface area contributed by atoms with Crippen LogP contribution in [-0.2, 0) is 6.42 Å². The van der Waals surface area contributed by atoms with E-state index in [1.165, 1.54) is 0 Å². The SMILES string of the molecule is Cc1cccc(C(=O)Cc2ncc[nH]2)c1. The lowest BCUT2D eigenvalue weighted by atomic mass is 10.1. The lowest BCUT2D eigenvalue weighted by Gasteiger charge is -1.99. The molecule has 0 atom stereocenters. The Morgan fingerprint density at radius 1 is 1.47 bits per heavy atom. The van der Waals surface area contributed by atoms with Gasteiger partial charge in [-0.25, -0.2) is 4.98 Å². The third-order valence-corrected chi connectivity index (χ3v) is 2.22. The average molecular weight is 200 g/mol. The van der Waals surface area contributed by atoms with E-state index in [1.54, 1.807) is 12.4 Å². The number of nitrogens with zero attached hydrogens (tertiary/aromatic N) is 1. The number of nitrogens with one attached hydrogen (secondary N) is 1. The number of Topliss-reactive ketones (excluding diaryl/α,β-unsaturated/α-hetero) is 1. The number of hydrogen-bond acceptors (Lipinski definition) is 2. The molecule has 2 aromatic rings. The standard InChI is InChI=1S/C12H12N2O/c1-9-3-2-4-10(7-9)11(15)8-12-13-5-6-14-12/h2-7H,8H2,1H3,(H,13,14). The molecule has 3 nitrogen and oxygen atoms in total. The largest absolute Gasteiger partial charge is 0.348 e. The Morgan fingerprint density at radius 2 is 2.33 bits per heavy atom. The molecule has 15 heavy (non-hydrogen) atoms. The number of ketones is 1. The molecule has 1 aromatic carbocycles. The topological polar surface area (TPSA) is 45.8 Å². The Labute approximate surface area is 88.2 Å². The molecule has 0 amide bonds. The number of aromatic nitrogens is 2. The van der Waals surface area contributed by atoms with Crippen LogP contribution in [-0.4, -0.2) is 15.8 Å². The van der Waals surface area contributed by atoms with Gasteiger partial charge >= 0.3 is 0 Å². The molecule has 0 unspecified atom stereocenters. The van der Waals surface area contributed by atoms with E-state index in [-0.39, 0.29) is 5.78 Å². The van der Waals surface area contributed by atoms with Crippen LogP contribution in [0.25, 0.3) is 0 Å². The first kappa shape index (κ1) is 9.65. The Bertz CT molecular complexity index is 460. The van der Waals surface area contributed by atoms with Crippen LogP contribution < -0.4 is 0 Å². The lowest BCUT2D eigenvalue weighted by Crippen LogP contribution is -2.04. The monoisotopic (exact) mass is 200 g/mol. The van der Waals surface area contributed by atoms with Gasteiger partial charge in [-0.15, -0.1) is 0 Å². The van der Waals surface area contributed by atoms with Crippen LogP contribution in [0.15, 0.2) is 36.7 Å². The highest BCUT2D eigenvalue weighted by molar-refractivity contribution is 5.97. The second kappa shape index (κ2) is 4.09. The highest BCUT2D eigenvalue weighted by Crippen LogP contribution is 2.07. The van der Waals surface area contributed by atoms with E-state index in [0.29, 0.717) is 12.2 Å². The summed E-state index contributed by atoms with van der Waals surface area (Å²) in [6.45, 7) is 1.98. The third-order valence-electron chi connectivity index (χ3n) is 2.22. The van der Waals surface area contributed by atoms with Crippen molar-refractivity contribution >= 4 is 5.78 Å². The molecule has 0 spiro atoms. The first-order valence-corrected chi connectivity index (χ1v) is 4.84. The van der Waals surface area contributed by atoms with E-state index in [1.807, 2.05) is 31.2 Å². The number of aryl methyl sites for hydroxylation is 1. The number of carbonyl (C=O) groups is 1. The molecule has 1 heterocycles. The predicted molar refractivity (Wildman–Crippen MR) is 57.8 cm³/mol. The molecule has 0 aliphatic carbocycles. The molecule has 2 rings (SSSR count). The van der Waals surface area contributed by atoms with Crippen molar-refractivity contribution in [2.75, 3.05) is 0 Å². The minimum absolute atomic E-state index is 0.0913. The van der Waals surface area contributed by atoms with Gasteiger partial charge in [-0.2, -0.15) is 0 Å². The summed E-state index contributed by atoms with van der Waals surface area (Å²) in [4.78, 5) is 18.8. The Kier molecular flexibility index (Phi) is 2.63. The van der Waals surface area contributed by atoms with E-state index in [0.717, 1.165) is 11.1 Å². The second-order valence-corrected chi connectivity index (χ2v) is 3.51. The number of carbonyl (C=O) groups excluding carboxylic acids is 1. The van der Waals surface area contributed by atoms with E-state index in [4.69, 9.17) is 0 Å². The molecule has 0 saturated carbocycles. The van der Waals surface area contributed by atoms with Crippen LogP contribution in [0.1, 0.15) is 21.7 Å². The molecule has 76 valence electrons. The summed E-state index contributed by atoms with van der Waals surface area (Å²) in [5.74, 6) is 0.801. The van der Waals surface area contributed by atoms with Crippen LogP contribution in [0, 0.1) is 6.92 Å². The number of benzene rings is 1. The van der Waals surface area contributed by atoms with Crippen molar-refractivity contribution in [1.82, 2.24) is 9.97 Å². The zero-order chi connectivity index (χ0) is 10.7. The van der Waals surface area contributed by atoms with E-state index >= 15 is 0 Å². The minimum Gasteiger partial charge on any atom is -0.348 e. The number of rotatable bonds is 3. The smallest absolute Gasteiger partial charge is 0.170 e. The first-order valence-electron chi connectivity index (χ1n) is 4.84. The summed E-state index contributed by atoms with van der Waals surface area (Å²) in [7, 11) is 0. The molecular formula is C12H12N2O. The zero-order valence-electron chi connectivity index (χ0n) is 8.53. The Hall–Kier alpha value is -1.90. The first-order chi connectivity index (χ1) is 7.25. The van der Waals surface area contributed by atoms with Gasteiger partial charge in [-0.05, 0) is 13.0 Å². The van der Waals surface area contributed by atoms with Crippen molar-refractivity contribution in [1.29, 1.82) is 0 Å². The molecule has 0 radical (unpaired) electrons. The zero-order valence-corrected chi connectivity index (χ0v) is 8.53. The van der Waals surface area contributed by atoms with Crippen LogP contribution in [0.3, 0.4) is 0 Å². The molecule has 0 fully saturated rings. The molecule has 0 aliphatic heterocycles. The summed E-state index contributed by atoms with van der Waals surface area (Å²) in [6, 6.07) is 7.60. The number of imidazole rings is 1. The third kappa shape index (κ3) is 2.31. The van der Waals surface area contributed by atoms with Crippen LogP contribution in [0.4, 0.5) is 0 Å². The normalized spacial score (nSPS) is 10.2. The maximum absolute atomic E-state index is 11.8. The molecule has 0 saturated heterocycles. The molecular weight excluding hydrogens is 188 g/mol. The highest BCUT2D eigenvalue weighted by Gasteiger charge is 2.07. The van der Waals surface area contributed by atoms with E-state index in [2.05, 4.69) is 9.97 Å². The van der Waals surface area contributed by atoms with Crippen molar-refractivity contribution in [2.45, 2.75) is 13.3 Å². The summed E-state index contributed by atoms with van der Waals surface area (Å²) in [5.41, 5.74) is 1.84. The van der Waals surface area contributed by atoms with Gasteiger partial charge in [-0.1, -0.05) is 23.8 Å². The van der Waals surface area contributed by atoms with Crippen molar-refractivity contribution in [3.05, 3.63) is 53.6 Å². The maximum atomic E-state index is 11.8. The van der Waals surface area contributed by atoms with Crippen LogP contribution in [0.5, 0.6) is 0 Å². The van der Waals surface area contributed by atoms with Gasteiger partial charge in [0.05, 0.1) is 6.42 Å². The number of aromatic amines is 1. The highest BCUT2D eigenvalue weighted by atomic mass is 16.1. The van der Waals surface area contributed by atoms with Crippen LogP contribution in [0.2, 0.25) is 0 Å². The van der Waals surface area contributed by atoms with Crippen molar-refractivity contribution in [2.24, 2.45) is 0 Å². The maximum Gasteiger partial charge on any atom is 0.170 e. The number of hydrogen-bond donors (Lipinski definition) is 1.